The van der Waals surface area contributed by atoms with E-state index in [1.165, 1.54) is 0 Å². The number of thioether (sulfide) groups is 1. The van der Waals surface area contributed by atoms with Crippen molar-refractivity contribution in [1.29, 1.82) is 0 Å². The van der Waals surface area contributed by atoms with Gasteiger partial charge in [0.25, 0.3) is 5.91 Å². The van der Waals surface area contributed by atoms with Gasteiger partial charge >= 0.3 is 0 Å². The number of hydrogen-bond donors (Lipinski definition) is 1. The second-order valence-electron chi connectivity index (χ2n) is 11.3. The number of likely N-dealkylation sites (tertiary alicyclic amines) is 1. The van der Waals surface area contributed by atoms with Crippen LogP contribution in [0.4, 0.5) is 5.69 Å². The molecule has 1 spiro atoms. The van der Waals surface area contributed by atoms with Gasteiger partial charge in [0, 0.05) is 31.1 Å². The van der Waals surface area contributed by atoms with E-state index in [0.29, 0.717) is 13.1 Å². The Kier molecular flexibility index (Phi) is 6.58. The van der Waals surface area contributed by atoms with Gasteiger partial charge in [0.05, 0.1) is 29.2 Å². The number of aliphatic hydroxyl groups excluding tert-OH is 1. The summed E-state index contributed by atoms with van der Waals surface area (Å²) in [5.41, 5.74) is 0.772. The highest BCUT2D eigenvalue weighted by Crippen LogP contribution is 2.61. The van der Waals surface area contributed by atoms with Crippen LogP contribution in [0.15, 0.2) is 66.8 Å². The highest BCUT2D eigenvalue weighted by atomic mass is 32.2. The predicted molar refractivity (Wildman–Crippen MR) is 154 cm³/mol. The first-order chi connectivity index (χ1) is 18.8. The molecule has 2 saturated heterocycles. The minimum absolute atomic E-state index is 0.0165. The van der Waals surface area contributed by atoms with Crippen molar-refractivity contribution in [3.05, 3.63) is 66.8 Å². The third kappa shape index (κ3) is 3.86. The van der Waals surface area contributed by atoms with E-state index >= 15 is 0 Å². The zero-order valence-electron chi connectivity index (χ0n) is 22.6. The Bertz CT molecular complexity index is 1390. The molecule has 204 valence electrons. The highest BCUT2D eigenvalue weighted by Gasteiger charge is 2.71. The average molecular weight is 546 g/mol. The summed E-state index contributed by atoms with van der Waals surface area (Å²) in [5, 5.41) is 12.5. The molecule has 1 N–H and O–H groups in total. The fourth-order valence-corrected chi connectivity index (χ4v) is 8.94. The first kappa shape index (κ1) is 26.1. The number of anilines is 1. The molecule has 0 radical (unpaired) electrons. The van der Waals surface area contributed by atoms with Gasteiger partial charge in [0.2, 0.25) is 11.8 Å². The van der Waals surface area contributed by atoms with Crippen LogP contribution in [0.25, 0.3) is 10.8 Å². The molecule has 2 fully saturated rings. The monoisotopic (exact) mass is 545 g/mol. The molecule has 0 saturated carbocycles. The highest BCUT2D eigenvalue weighted by molar-refractivity contribution is 8.02. The van der Waals surface area contributed by atoms with Gasteiger partial charge in [-0.1, -0.05) is 74.9 Å². The van der Waals surface area contributed by atoms with Crippen LogP contribution >= 0.6 is 11.8 Å². The number of aliphatic hydroxyl groups is 1. The van der Waals surface area contributed by atoms with Crippen molar-refractivity contribution in [3.63, 3.8) is 0 Å². The minimum Gasteiger partial charge on any atom is -0.394 e. The Balaban J connectivity index is 1.50. The standard InChI is InChI=1S/C31H35N3O4S/c1-4-19(2)23(18-35)34-27-30(38)33(22-13-12-20-9-5-6-10-21(20)17-22)16-8-14-31(27)26(29(34)37)25-24(39-31)11-7-15-32(3)28(25)36/h5-14,17,19,23-27,35H,4,15-16,18H2,1-3H3/t19-,23-,24-,25+,26-,27?,31-/m0/s1. The molecule has 2 aromatic carbocycles. The third-order valence-electron chi connectivity index (χ3n) is 9.19. The van der Waals surface area contributed by atoms with Crippen LogP contribution < -0.4 is 4.90 Å². The lowest BCUT2D eigenvalue weighted by molar-refractivity contribution is -0.145. The zero-order chi connectivity index (χ0) is 27.5. The third-order valence-corrected chi connectivity index (χ3v) is 10.9. The van der Waals surface area contributed by atoms with Crippen molar-refractivity contribution in [1.82, 2.24) is 9.80 Å². The van der Waals surface area contributed by atoms with E-state index in [1.54, 1.807) is 33.5 Å². The lowest BCUT2D eigenvalue weighted by atomic mass is 9.78. The van der Waals surface area contributed by atoms with E-state index in [1.807, 2.05) is 80.6 Å². The fraction of sp³-hybridized carbons (Fsp3) is 0.452. The summed E-state index contributed by atoms with van der Waals surface area (Å²) in [6.45, 7) is 4.68. The number of fused-ring (bicyclic) bond motifs is 3. The summed E-state index contributed by atoms with van der Waals surface area (Å²) in [7, 11) is 1.77. The Hall–Kier alpha value is -3.10. The van der Waals surface area contributed by atoms with Crippen LogP contribution in [0.1, 0.15) is 20.3 Å². The van der Waals surface area contributed by atoms with Gasteiger partial charge in [-0.3, -0.25) is 14.4 Å². The van der Waals surface area contributed by atoms with Gasteiger partial charge in [-0.05, 0) is 28.8 Å². The molecule has 0 bridgehead atoms. The van der Waals surface area contributed by atoms with Crippen molar-refractivity contribution < 1.29 is 19.5 Å². The van der Waals surface area contributed by atoms with Crippen molar-refractivity contribution >= 4 is 45.9 Å². The SMILES string of the molecule is CC[C@H](C)[C@H](CO)N1C(=O)[C@@H]2[C@@H]3C(=O)N(C)CC=C[C@@H]3S[C@@]23C=CCN(c2ccc4ccccc4c2)C(=O)C13. The molecule has 0 aromatic heterocycles. The van der Waals surface area contributed by atoms with Gasteiger partial charge in [-0.15, -0.1) is 11.8 Å². The number of nitrogens with zero attached hydrogens (tertiary/aromatic N) is 3. The number of amides is 3. The van der Waals surface area contributed by atoms with Crippen LogP contribution in [0, 0.1) is 17.8 Å². The molecule has 6 rings (SSSR count). The summed E-state index contributed by atoms with van der Waals surface area (Å²) in [6.07, 6.45) is 8.81. The predicted octanol–water partition coefficient (Wildman–Crippen LogP) is 3.48. The first-order valence-electron chi connectivity index (χ1n) is 13.8. The topological polar surface area (TPSA) is 81.2 Å². The molecule has 1 unspecified atom stereocenters. The normalized spacial score (nSPS) is 31.7. The molecule has 3 amide bonds. The minimum atomic E-state index is -0.895. The maximum atomic E-state index is 14.7. The number of likely N-dealkylation sites (N-methyl/N-ethyl adjacent to an activating group) is 1. The number of carbonyl (C=O) groups excluding carboxylic acids is 3. The van der Waals surface area contributed by atoms with Gasteiger partial charge < -0.3 is 19.8 Å². The lowest BCUT2D eigenvalue weighted by Crippen LogP contribution is -2.58. The molecule has 4 heterocycles. The Morgan fingerprint density at radius 2 is 1.79 bits per heavy atom. The van der Waals surface area contributed by atoms with Crippen molar-refractivity contribution in [2.75, 3.05) is 31.6 Å². The van der Waals surface area contributed by atoms with Crippen LogP contribution in [-0.2, 0) is 14.4 Å². The van der Waals surface area contributed by atoms with Gasteiger partial charge in [-0.2, -0.15) is 0 Å². The summed E-state index contributed by atoms with van der Waals surface area (Å²) >= 11 is 1.57. The maximum Gasteiger partial charge on any atom is 0.251 e. The quantitative estimate of drug-likeness (QED) is 0.582. The molecule has 7 atom stereocenters. The van der Waals surface area contributed by atoms with E-state index in [2.05, 4.69) is 0 Å². The largest absolute Gasteiger partial charge is 0.394 e. The summed E-state index contributed by atoms with van der Waals surface area (Å²) in [5.74, 6) is -1.67. The number of benzene rings is 2. The second-order valence-corrected chi connectivity index (χ2v) is 12.7. The fourth-order valence-electron chi connectivity index (χ4n) is 6.95. The van der Waals surface area contributed by atoms with E-state index in [-0.39, 0.29) is 35.5 Å². The first-order valence-corrected chi connectivity index (χ1v) is 14.7. The molecule has 0 aliphatic carbocycles. The molecule has 4 aliphatic heterocycles. The van der Waals surface area contributed by atoms with E-state index in [4.69, 9.17) is 0 Å². The molecule has 4 aliphatic rings. The van der Waals surface area contributed by atoms with Crippen LogP contribution in [-0.4, -0.2) is 81.5 Å². The summed E-state index contributed by atoms with van der Waals surface area (Å²) < 4.78 is -0.895. The number of rotatable bonds is 5. The number of hydrogen-bond acceptors (Lipinski definition) is 5. The van der Waals surface area contributed by atoms with E-state index < -0.39 is 28.7 Å². The molecule has 8 heteroatoms. The Morgan fingerprint density at radius 1 is 1.03 bits per heavy atom. The van der Waals surface area contributed by atoms with E-state index in [9.17, 15) is 19.5 Å². The molecule has 39 heavy (non-hydrogen) atoms. The van der Waals surface area contributed by atoms with Crippen molar-refractivity contribution in [2.45, 2.75) is 42.3 Å². The Morgan fingerprint density at radius 3 is 2.54 bits per heavy atom. The summed E-state index contributed by atoms with van der Waals surface area (Å²) in [4.78, 5) is 47.9. The van der Waals surface area contributed by atoms with Crippen molar-refractivity contribution in [3.8, 4) is 0 Å². The molecule has 2 aromatic rings. The lowest BCUT2D eigenvalue weighted by Gasteiger charge is -2.40. The van der Waals surface area contributed by atoms with Gasteiger partial charge in [0.1, 0.15) is 6.04 Å². The van der Waals surface area contributed by atoms with Crippen molar-refractivity contribution in [2.24, 2.45) is 17.8 Å². The zero-order valence-corrected chi connectivity index (χ0v) is 23.4. The van der Waals surface area contributed by atoms with Crippen LogP contribution in [0.3, 0.4) is 0 Å². The van der Waals surface area contributed by atoms with Crippen LogP contribution in [0.5, 0.6) is 0 Å². The maximum absolute atomic E-state index is 14.7. The van der Waals surface area contributed by atoms with Gasteiger partial charge in [-0.25, -0.2) is 0 Å². The number of carbonyl (C=O) groups is 3. The smallest absolute Gasteiger partial charge is 0.251 e. The van der Waals surface area contributed by atoms with Gasteiger partial charge in [0.15, 0.2) is 0 Å². The van der Waals surface area contributed by atoms with E-state index in [0.717, 1.165) is 22.9 Å². The Labute approximate surface area is 233 Å². The average Bonchev–Trinajstić information content (AvgIpc) is 3.27. The van der Waals surface area contributed by atoms with Crippen LogP contribution in [0.2, 0.25) is 0 Å². The molecular weight excluding hydrogens is 510 g/mol. The molecular formula is C31H35N3O4S. The second kappa shape index (κ2) is 9.82. The summed E-state index contributed by atoms with van der Waals surface area (Å²) in [6, 6.07) is 12.7. The molecule has 7 nitrogen and oxygen atoms in total.